The molecule has 0 aliphatic carbocycles. The van der Waals surface area contributed by atoms with Crippen LogP contribution in [0.5, 0.6) is 0 Å². The van der Waals surface area contributed by atoms with Crippen LogP contribution in [0.2, 0.25) is 5.02 Å². The molecular weight excluding hydrogens is 329 g/mol. The highest BCUT2D eigenvalue weighted by atomic mass is 35.5. The number of aryl methyl sites for hydroxylation is 1. The fourth-order valence-electron chi connectivity index (χ4n) is 2.19. The number of hydrogen-bond acceptors (Lipinski definition) is 3. The summed E-state index contributed by atoms with van der Waals surface area (Å²) in [5.41, 5.74) is 1.74. The van der Waals surface area contributed by atoms with Crippen molar-refractivity contribution in [2.45, 2.75) is 19.6 Å². The molecule has 2 N–H and O–H groups in total. The first kappa shape index (κ1) is 15.6. The number of hydrogen-bond donors (Lipinski definition) is 2. The molecule has 0 atom stereocenters. The van der Waals surface area contributed by atoms with Crippen molar-refractivity contribution in [1.82, 2.24) is 15.0 Å². The van der Waals surface area contributed by atoms with E-state index in [0.717, 1.165) is 5.56 Å². The molecule has 0 spiro atoms. The smallest absolute Gasteiger partial charge is 0.365 e. The second-order valence-electron chi connectivity index (χ2n) is 5.09. The van der Waals surface area contributed by atoms with Crippen molar-refractivity contribution in [2.24, 2.45) is 0 Å². The van der Waals surface area contributed by atoms with Gasteiger partial charge in [0.05, 0.1) is 5.39 Å². The third-order valence-corrected chi connectivity index (χ3v) is 3.50. The van der Waals surface area contributed by atoms with Crippen LogP contribution in [0.15, 0.2) is 30.3 Å². The fraction of sp³-hybridized carbons (Fsp3) is 0.200. The Labute approximate surface area is 134 Å². The molecule has 4 nitrogen and oxygen atoms in total. The standard InChI is InChI=1S/C15H12ClF3N4/c1-8-6-11-12(20-7-9-2-4-10(16)5-3-9)22-14(15(17,18)19)23-13(11)21-8/h2-6H,7H2,1H3,(H2,20,21,22,23). The average molecular weight is 341 g/mol. The molecule has 8 heteroatoms. The van der Waals surface area contributed by atoms with E-state index in [1.807, 2.05) is 0 Å². The topological polar surface area (TPSA) is 53.6 Å². The van der Waals surface area contributed by atoms with Crippen molar-refractivity contribution in [2.75, 3.05) is 5.32 Å². The number of aromatic amines is 1. The van der Waals surface area contributed by atoms with Gasteiger partial charge in [-0.1, -0.05) is 23.7 Å². The maximum atomic E-state index is 12.9. The molecule has 1 aromatic carbocycles. The summed E-state index contributed by atoms with van der Waals surface area (Å²) in [7, 11) is 0. The predicted octanol–water partition coefficient (Wildman–Crippen LogP) is 4.55. The van der Waals surface area contributed by atoms with Gasteiger partial charge in [-0.05, 0) is 30.7 Å². The highest BCUT2D eigenvalue weighted by Crippen LogP contribution is 2.30. The van der Waals surface area contributed by atoms with E-state index in [9.17, 15) is 13.2 Å². The Kier molecular flexibility index (Phi) is 3.89. The van der Waals surface area contributed by atoms with Crippen LogP contribution in [0.3, 0.4) is 0 Å². The largest absolute Gasteiger partial charge is 0.451 e. The lowest BCUT2D eigenvalue weighted by molar-refractivity contribution is -0.144. The number of aromatic nitrogens is 3. The van der Waals surface area contributed by atoms with Crippen LogP contribution in [0.4, 0.5) is 19.0 Å². The molecule has 0 saturated heterocycles. The number of nitrogens with zero attached hydrogens (tertiary/aromatic N) is 2. The van der Waals surface area contributed by atoms with Crippen LogP contribution in [0.25, 0.3) is 11.0 Å². The maximum absolute atomic E-state index is 12.9. The summed E-state index contributed by atoms with van der Waals surface area (Å²) in [6, 6.07) is 8.73. The van der Waals surface area contributed by atoms with Gasteiger partial charge in [0.15, 0.2) is 0 Å². The Bertz CT molecular complexity index is 840. The molecule has 2 aromatic heterocycles. The van der Waals surface area contributed by atoms with E-state index in [-0.39, 0.29) is 11.5 Å². The SMILES string of the molecule is Cc1cc2c(NCc3ccc(Cl)cc3)nc(C(F)(F)F)nc2[nH]1. The number of benzene rings is 1. The summed E-state index contributed by atoms with van der Waals surface area (Å²) in [5, 5.41) is 4.05. The van der Waals surface area contributed by atoms with Crippen LogP contribution in [-0.2, 0) is 12.7 Å². The van der Waals surface area contributed by atoms with Gasteiger partial charge < -0.3 is 10.3 Å². The Hall–Kier alpha value is -2.28. The van der Waals surface area contributed by atoms with Crippen molar-refractivity contribution in [3.8, 4) is 0 Å². The van der Waals surface area contributed by atoms with E-state index in [2.05, 4.69) is 20.3 Å². The molecule has 120 valence electrons. The number of H-pyrrole nitrogens is 1. The molecule has 3 rings (SSSR count). The highest BCUT2D eigenvalue weighted by molar-refractivity contribution is 6.30. The Morgan fingerprint density at radius 2 is 1.87 bits per heavy atom. The molecule has 0 aliphatic rings. The van der Waals surface area contributed by atoms with E-state index >= 15 is 0 Å². The molecule has 0 radical (unpaired) electrons. The lowest BCUT2D eigenvalue weighted by atomic mass is 10.2. The van der Waals surface area contributed by atoms with Gasteiger partial charge in [0.2, 0.25) is 5.82 Å². The van der Waals surface area contributed by atoms with Crippen molar-refractivity contribution in [3.63, 3.8) is 0 Å². The van der Waals surface area contributed by atoms with Gasteiger partial charge in [0.1, 0.15) is 11.5 Å². The Balaban J connectivity index is 1.96. The quantitative estimate of drug-likeness (QED) is 0.735. The van der Waals surface area contributed by atoms with E-state index in [4.69, 9.17) is 11.6 Å². The van der Waals surface area contributed by atoms with Crippen LogP contribution >= 0.6 is 11.6 Å². The van der Waals surface area contributed by atoms with Crippen LogP contribution in [0, 0.1) is 6.92 Å². The van der Waals surface area contributed by atoms with Gasteiger partial charge in [0.25, 0.3) is 0 Å². The first-order valence-electron chi connectivity index (χ1n) is 6.76. The number of fused-ring (bicyclic) bond motifs is 1. The van der Waals surface area contributed by atoms with E-state index < -0.39 is 12.0 Å². The minimum atomic E-state index is -4.61. The van der Waals surface area contributed by atoms with Gasteiger partial charge in [-0.3, -0.25) is 0 Å². The van der Waals surface area contributed by atoms with Gasteiger partial charge in [0, 0.05) is 17.3 Å². The lowest BCUT2D eigenvalue weighted by Gasteiger charge is -2.10. The zero-order valence-corrected chi connectivity index (χ0v) is 12.8. The molecule has 0 fully saturated rings. The minimum absolute atomic E-state index is 0.140. The zero-order chi connectivity index (χ0) is 16.6. The minimum Gasteiger partial charge on any atom is -0.365 e. The molecule has 2 heterocycles. The summed E-state index contributed by atoms with van der Waals surface area (Å²) in [6.07, 6.45) is -4.61. The van der Waals surface area contributed by atoms with Crippen molar-refractivity contribution in [1.29, 1.82) is 0 Å². The van der Waals surface area contributed by atoms with Crippen LogP contribution in [0.1, 0.15) is 17.1 Å². The number of rotatable bonds is 3. The Morgan fingerprint density at radius 3 is 2.52 bits per heavy atom. The van der Waals surface area contributed by atoms with Gasteiger partial charge >= 0.3 is 6.18 Å². The first-order valence-corrected chi connectivity index (χ1v) is 7.13. The zero-order valence-electron chi connectivity index (χ0n) is 12.0. The summed E-state index contributed by atoms with van der Waals surface area (Å²) < 4.78 is 38.8. The van der Waals surface area contributed by atoms with Gasteiger partial charge in [-0.25, -0.2) is 9.97 Å². The van der Waals surface area contributed by atoms with Crippen molar-refractivity contribution in [3.05, 3.63) is 52.4 Å². The molecule has 0 amide bonds. The summed E-state index contributed by atoms with van der Waals surface area (Å²) in [5.74, 6) is -1.04. The van der Waals surface area contributed by atoms with E-state index in [1.165, 1.54) is 0 Å². The summed E-state index contributed by atoms with van der Waals surface area (Å²) in [6.45, 7) is 2.07. The molecule has 23 heavy (non-hydrogen) atoms. The Morgan fingerprint density at radius 1 is 1.17 bits per heavy atom. The van der Waals surface area contributed by atoms with Gasteiger partial charge in [-0.15, -0.1) is 0 Å². The second-order valence-corrected chi connectivity index (χ2v) is 5.52. The van der Waals surface area contributed by atoms with E-state index in [1.54, 1.807) is 37.3 Å². The van der Waals surface area contributed by atoms with Crippen molar-refractivity contribution >= 4 is 28.5 Å². The lowest BCUT2D eigenvalue weighted by Crippen LogP contribution is -2.13. The highest BCUT2D eigenvalue weighted by Gasteiger charge is 2.35. The number of halogens is 4. The summed E-state index contributed by atoms with van der Waals surface area (Å²) in [4.78, 5) is 9.98. The first-order chi connectivity index (χ1) is 10.8. The normalized spacial score (nSPS) is 11.9. The van der Waals surface area contributed by atoms with E-state index in [0.29, 0.717) is 22.6 Å². The number of anilines is 1. The maximum Gasteiger partial charge on any atom is 0.451 e. The second kappa shape index (κ2) is 5.73. The monoisotopic (exact) mass is 340 g/mol. The third kappa shape index (κ3) is 3.39. The summed E-state index contributed by atoms with van der Waals surface area (Å²) >= 11 is 5.81. The number of alkyl halides is 3. The molecule has 3 aromatic rings. The predicted molar refractivity (Wildman–Crippen MR) is 82.4 cm³/mol. The molecule has 0 aliphatic heterocycles. The molecular formula is C15H12ClF3N4. The third-order valence-electron chi connectivity index (χ3n) is 3.25. The fourth-order valence-corrected chi connectivity index (χ4v) is 2.32. The molecule has 0 saturated carbocycles. The molecule has 0 bridgehead atoms. The van der Waals surface area contributed by atoms with Gasteiger partial charge in [-0.2, -0.15) is 13.2 Å². The average Bonchev–Trinajstić information content (AvgIpc) is 2.85. The number of nitrogens with one attached hydrogen (secondary N) is 2. The van der Waals surface area contributed by atoms with Crippen molar-refractivity contribution < 1.29 is 13.2 Å². The van der Waals surface area contributed by atoms with Crippen LogP contribution < -0.4 is 5.32 Å². The molecule has 0 unspecified atom stereocenters. The van der Waals surface area contributed by atoms with Crippen LogP contribution in [-0.4, -0.2) is 15.0 Å².